The van der Waals surface area contributed by atoms with Crippen LogP contribution in [0.5, 0.6) is 11.5 Å². The van der Waals surface area contributed by atoms with Crippen LogP contribution in [0.25, 0.3) is 0 Å². The molecule has 0 radical (unpaired) electrons. The zero-order valence-electron chi connectivity index (χ0n) is 14.0. The predicted octanol–water partition coefficient (Wildman–Crippen LogP) is 0.297. The van der Waals surface area contributed by atoms with Gasteiger partial charge in [-0.1, -0.05) is 12.1 Å². The molecule has 0 bridgehead atoms. The Hall–Kier alpha value is -2.63. The zero-order chi connectivity index (χ0) is 19.6. The summed E-state index contributed by atoms with van der Waals surface area (Å²) < 4.78 is 11.1. The molecule has 1 aliphatic heterocycles. The Morgan fingerprint density at radius 3 is 2.52 bits per heavy atom. The van der Waals surface area contributed by atoms with Gasteiger partial charge >= 0.3 is 5.82 Å². The topological polar surface area (TPSA) is 155 Å². The van der Waals surface area contributed by atoms with E-state index in [1.54, 1.807) is 24.3 Å². The lowest BCUT2D eigenvalue weighted by molar-refractivity contribution is -0.389. The molecule has 1 aliphatic rings. The first-order valence-corrected chi connectivity index (χ1v) is 8.09. The van der Waals surface area contributed by atoms with Gasteiger partial charge in [0, 0.05) is 6.07 Å². The van der Waals surface area contributed by atoms with Crippen LogP contribution in [0.1, 0.15) is 11.7 Å². The van der Waals surface area contributed by atoms with E-state index in [0.29, 0.717) is 11.3 Å². The van der Waals surface area contributed by atoms with Gasteiger partial charge in [-0.05, 0) is 33.7 Å². The molecule has 1 unspecified atom stereocenters. The van der Waals surface area contributed by atoms with Crippen LogP contribution in [-0.2, 0) is 4.74 Å². The minimum Gasteiger partial charge on any atom is -0.453 e. The fraction of sp³-hybridized carbons (Fsp3) is 0.353. The zero-order valence-corrected chi connectivity index (χ0v) is 14.0. The number of nitro groups is 1. The molecule has 2 heterocycles. The first kappa shape index (κ1) is 19.1. The Labute approximate surface area is 153 Å². The van der Waals surface area contributed by atoms with E-state index < -0.39 is 42.1 Å². The molecule has 27 heavy (non-hydrogen) atoms. The number of aliphatic hydroxyl groups is 4. The number of nitrogens with zero attached hydrogens (tertiary/aromatic N) is 2. The smallest absolute Gasteiger partial charge is 0.363 e. The van der Waals surface area contributed by atoms with Gasteiger partial charge in [-0.2, -0.15) is 0 Å². The van der Waals surface area contributed by atoms with Crippen molar-refractivity contribution in [2.75, 3.05) is 6.61 Å². The molecule has 5 atom stereocenters. The highest BCUT2D eigenvalue weighted by Crippen LogP contribution is 2.34. The summed E-state index contributed by atoms with van der Waals surface area (Å²) in [5, 5.41) is 49.9. The van der Waals surface area contributed by atoms with Crippen molar-refractivity contribution in [1.82, 2.24) is 4.98 Å². The molecule has 10 nitrogen and oxygen atoms in total. The van der Waals surface area contributed by atoms with Gasteiger partial charge in [0.1, 0.15) is 36.3 Å². The molecule has 2 aromatic rings. The van der Waals surface area contributed by atoms with Gasteiger partial charge in [-0.25, -0.2) is 0 Å². The lowest BCUT2D eigenvalue weighted by Crippen LogP contribution is -2.55. The van der Waals surface area contributed by atoms with Crippen molar-refractivity contribution >= 4 is 5.82 Å². The fourth-order valence-corrected chi connectivity index (χ4v) is 2.81. The standard InChI is InChI=1S/C17H18N2O8/c20-8-12-14(21)15(22)16(23)17(27-12)9-2-1-3-10(6-9)26-11-4-5-13(18-7-11)19(24)25/h1-7,12,14-17,20-23H,8H2/t12-,14-,15+,16+,17?/m1/s1. The van der Waals surface area contributed by atoms with Crippen molar-refractivity contribution in [2.24, 2.45) is 0 Å². The van der Waals surface area contributed by atoms with E-state index in [1.165, 1.54) is 18.3 Å². The van der Waals surface area contributed by atoms with Crippen LogP contribution in [0.2, 0.25) is 0 Å². The summed E-state index contributed by atoms with van der Waals surface area (Å²) >= 11 is 0. The quantitative estimate of drug-likeness (QED) is 0.424. The molecule has 1 fully saturated rings. The second-order valence-electron chi connectivity index (χ2n) is 6.03. The van der Waals surface area contributed by atoms with Crippen LogP contribution in [0, 0.1) is 10.1 Å². The van der Waals surface area contributed by atoms with Crippen LogP contribution in [-0.4, -0.2) is 61.4 Å². The molecule has 1 aromatic carbocycles. The number of rotatable bonds is 5. The average Bonchev–Trinajstić information content (AvgIpc) is 2.67. The van der Waals surface area contributed by atoms with E-state index in [1.807, 2.05) is 0 Å². The maximum Gasteiger partial charge on any atom is 0.363 e. The van der Waals surface area contributed by atoms with Crippen molar-refractivity contribution in [3.63, 3.8) is 0 Å². The SMILES string of the molecule is O=[N+]([O-])c1ccc(Oc2cccc(C3O[C@H](CO)[C@@H](O)[C@H](O)[C@@H]3O)c2)cn1. The lowest BCUT2D eigenvalue weighted by atomic mass is 9.91. The van der Waals surface area contributed by atoms with Gasteiger partial charge in [0.15, 0.2) is 11.9 Å². The summed E-state index contributed by atoms with van der Waals surface area (Å²) in [6.45, 7) is -0.522. The third kappa shape index (κ3) is 4.04. The van der Waals surface area contributed by atoms with E-state index in [2.05, 4.69) is 4.98 Å². The number of ether oxygens (including phenoxy) is 2. The summed E-state index contributed by atoms with van der Waals surface area (Å²) in [4.78, 5) is 13.7. The molecule has 4 N–H and O–H groups in total. The number of pyridine rings is 1. The van der Waals surface area contributed by atoms with Gasteiger partial charge in [-0.3, -0.25) is 0 Å². The molecule has 0 aliphatic carbocycles. The monoisotopic (exact) mass is 378 g/mol. The molecule has 3 rings (SSSR count). The van der Waals surface area contributed by atoms with Crippen LogP contribution in [0.3, 0.4) is 0 Å². The van der Waals surface area contributed by atoms with Crippen molar-refractivity contribution in [3.8, 4) is 11.5 Å². The second-order valence-corrected chi connectivity index (χ2v) is 6.03. The van der Waals surface area contributed by atoms with Crippen molar-refractivity contribution in [2.45, 2.75) is 30.5 Å². The highest BCUT2D eigenvalue weighted by Gasteiger charge is 2.43. The van der Waals surface area contributed by atoms with Crippen LogP contribution >= 0.6 is 0 Å². The molecular weight excluding hydrogens is 360 g/mol. The average molecular weight is 378 g/mol. The van der Waals surface area contributed by atoms with E-state index >= 15 is 0 Å². The summed E-state index contributed by atoms with van der Waals surface area (Å²) in [7, 11) is 0. The largest absolute Gasteiger partial charge is 0.453 e. The number of benzene rings is 1. The second kappa shape index (κ2) is 7.94. The molecule has 10 heteroatoms. The summed E-state index contributed by atoms with van der Waals surface area (Å²) in [6, 6.07) is 9.03. The first-order valence-electron chi connectivity index (χ1n) is 8.09. The van der Waals surface area contributed by atoms with Gasteiger partial charge in [0.25, 0.3) is 0 Å². The van der Waals surface area contributed by atoms with E-state index in [4.69, 9.17) is 9.47 Å². The highest BCUT2D eigenvalue weighted by molar-refractivity contribution is 5.36. The number of hydrogen-bond acceptors (Lipinski definition) is 9. The maximum atomic E-state index is 10.6. The summed E-state index contributed by atoms with van der Waals surface area (Å²) in [5.74, 6) is 0.309. The van der Waals surface area contributed by atoms with Crippen molar-refractivity contribution in [3.05, 3.63) is 58.3 Å². The molecule has 0 amide bonds. The Morgan fingerprint density at radius 2 is 1.89 bits per heavy atom. The molecule has 1 aromatic heterocycles. The van der Waals surface area contributed by atoms with Gasteiger partial charge in [-0.15, -0.1) is 0 Å². The van der Waals surface area contributed by atoms with Gasteiger partial charge in [0.05, 0.1) is 6.61 Å². The minimum atomic E-state index is -1.48. The molecular formula is C17H18N2O8. The van der Waals surface area contributed by atoms with Crippen LogP contribution in [0.15, 0.2) is 42.6 Å². The minimum absolute atomic E-state index is 0.270. The maximum absolute atomic E-state index is 10.6. The van der Waals surface area contributed by atoms with E-state index in [9.17, 15) is 30.5 Å². The van der Waals surface area contributed by atoms with Gasteiger partial charge < -0.3 is 40.0 Å². The lowest BCUT2D eigenvalue weighted by Gasteiger charge is -2.40. The van der Waals surface area contributed by atoms with Crippen LogP contribution in [0.4, 0.5) is 5.82 Å². The van der Waals surface area contributed by atoms with Crippen molar-refractivity contribution < 1.29 is 34.8 Å². The summed E-state index contributed by atoms with van der Waals surface area (Å²) in [6.07, 6.45) is -5.12. The first-order chi connectivity index (χ1) is 12.9. The van der Waals surface area contributed by atoms with Crippen molar-refractivity contribution in [1.29, 1.82) is 0 Å². The normalized spacial score (nSPS) is 27.9. The number of hydrogen-bond donors (Lipinski definition) is 4. The Kier molecular flexibility index (Phi) is 5.63. The number of aliphatic hydroxyl groups excluding tert-OH is 4. The third-order valence-electron chi connectivity index (χ3n) is 4.22. The molecule has 144 valence electrons. The third-order valence-corrected chi connectivity index (χ3v) is 4.22. The van der Waals surface area contributed by atoms with E-state index in [0.717, 1.165) is 0 Å². The molecule has 0 spiro atoms. The Bertz CT molecular complexity index is 798. The summed E-state index contributed by atoms with van der Waals surface area (Å²) in [5.41, 5.74) is 0.458. The van der Waals surface area contributed by atoms with Crippen LogP contribution < -0.4 is 4.74 Å². The fourth-order valence-electron chi connectivity index (χ4n) is 2.81. The Morgan fingerprint density at radius 1 is 1.11 bits per heavy atom. The number of aromatic nitrogens is 1. The highest BCUT2D eigenvalue weighted by atomic mass is 16.6. The Balaban J connectivity index is 1.79. The molecule has 1 saturated heterocycles. The molecule has 0 saturated carbocycles. The van der Waals surface area contributed by atoms with Gasteiger partial charge in [0.2, 0.25) is 0 Å². The van der Waals surface area contributed by atoms with E-state index in [-0.39, 0.29) is 11.6 Å². The predicted molar refractivity (Wildman–Crippen MR) is 90.1 cm³/mol.